The van der Waals surface area contributed by atoms with Gasteiger partial charge in [0.05, 0.1) is 0 Å². The molecule has 0 unspecified atom stereocenters. The number of carbonyl (C=O) groups excluding carboxylic acids is 3. The monoisotopic (exact) mass is 311 g/mol. The Morgan fingerprint density at radius 1 is 0.913 bits per heavy atom. The van der Waals surface area contributed by atoms with Crippen LogP contribution in [0.25, 0.3) is 0 Å². The van der Waals surface area contributed by atoms with Crippen LogP contribution in [0.3, 0.4) is 0 Å². The first-order chi connectivity index (χ1) is 11.0. The molecule has 6 nitrogen and oxygen atoms in total. The van der Waals surface area contributed by atoms with Crippen LogP contribution in [0, 0.1) is 0 Å². The molecule has 0 radical (unpaired) electrons. The van der Waals surface area contributed by atoms with E-state index in [1.165, 1.54) is 6.07 Å². The van der Waals surface area contributed by atoms with Gasteiger partial charge in [0.2, 0.25) is 11.8 Å². The van der Waals surface area contributed by atoms with Crippen molar-refractivity contribution < 1.29 is 14.4 Å². The molecule has 6 heteroatoms. The zero-order valence-corrected chi connectivity index (χ0v) is 12.6. The molecule has 3 amide bonds. The molecule has 4 N–H and O–H groups in total. The molecule has 0 atom stereocenters. The molecule has 118 valence electrons. The lowest BCUT2D eigenvalue weighted by molar-refractivity contribution is -0.115. The minimum atomic E-state index is -0.594. The zero-order valence-electron chi connectivity index (χ0n) is 12.6. The average molecular weight is 311 g/mol. The SMILES string of the molecule is CCC(=O)Nc1cccc(NC(=O)c2cccc(C(N)=O)c2)c1. The smallest absolute Gasteiger partial charge is 0.255 e. The molecule has 2 aromatic rings. The van der Waals surface area contributed by atoms with Gasteiger partial charge in [0.15, 0.2) is 0 Å². The number of amides is 3. The van der Waals surface area contributed by atoms with E-state index >= 15 is 0 Å². The Kier molecular flexibility index (Phi) is 5.09. The van der Waals surface area contributed by atoms with Crippen molar-refractivity contribution in [1.29, 1.82) is 0 Å². The van der Waals surface area contributed by atoms with E-state index in [0.717, 1.165) is 0 Å². The van der Waals surface area contributed by atoms with Crippen LogP contribution < -0.4 is 16.4 Å². The summed E-state index contributed by atoms with van der Waals surface area (Å²) in [5.41, 5.74) is 6.93. The molecule has 0 aliphatic carbocycles. The Bertz CT molecular complexity index is 756. The summed E-state index contributed by atoms with van der Waals surface area (Å²) in [4.78, 5) is 34.8. The number of nitrogens with two attached hydrogens (primary N) is 1. The van der Waals surface area contributed by atoms with E-state index in [4.69, 9.17) is 5.73 Å². The standard InChI is InChI=1S/C17H17N3O3/c1-2-15(21)19-13-7-4-8-14(10-13)20-17(23)12-6-3-5-11(9-12)16(18)22/h3-10H,2H2,1H3,(H2,18,22)(H,19,21)(H,20,23). The molecule has 0 aliphatic rings. The summed E-state index contributed by atoms with van der Waals surface area (Å²) in [7, 11) is 0. The van der Waals surface area contributed by atoms with Crippen molar-refractivity contribution in [3.05, 3.63) is 59.7 Å². The normalized spacial score (nSPS) is 9.96. The lowest BCUT2D eigenvalue weighted by Crippen LogP contribution is -2.15. The Hall–Kier alpha value is -3.15. The van der Waals surface area contributed by atoms with Crippen molar-refractivity contribution in [1.82, 2.24) is 0 Å². The molecule has 0 saturated heterocycles. The van der Waals surface area contributed by atoms with Gasteiger partial charge < -0.3 is 16.4 Å². The van der Waals surface area contributed by atoms with E-state index in [1.807, 2.05) is 0 Å². The van der Waals surface area contributed by atoms with Crippen LogP contribution in [0.5, 0.6) is 0 Å². The first-order valence-electron chi connectivity index (χ1n) is 7.10. The van der Waals surface area contributed by atoms with Crippen LogP contribution in [-0.4, -0.2) is 17.7 Å². The molecule has 0 fully saturated rings. The number of primary amides is 1. The Morgan fingerprint density at radius 2 is 1.52 bits per heavy atom. The largest absolute Gasteiger partial charge is 0.366 e. The summed E-state index contributed by atoms with van der Waals surface area (Å²) in [6, 6.07) is 13.0. The van der Waals surface area contributed by atoms with Gasteiger partial charge in [-0.25, -0.2) is 0 Å². The predicted octanol–water partition coefficient (Wildman–Crippen LogP) is 2.39. The van der Waals surface area contributed by atoms with E-state index in [0.29, 0.717) is 23.4 Å². The van der Waals surface area contributed by atoms with E-state index in [9.17, 15) is 14.4 Å². The summed E-state index contributed by atoms with van der Waals surface area (Å²) in [5, 5.41) is 5.43. The van der Waals surface area contributed by atoms with Gasteiger partial charge in [-0.05, 0) is 36.4 Å². The van der Waals surface area contributed by atoms with Crippen molar-refractivity contribution in [2.45, 2.75) is 13.3 Å². The van der Waals surface area contributed by atoms with E-state index in [2.05, 4.69) is 10.6 Å². The van der Waals surface area contributed by atoms with E-state index in [-0.39, 0.29) is 17.4 Å². The second-order valence-corrected chi connectivity index (χ2v) is 4.88. The van der Waals surface area contributed by atoms with Gasteiger partial charge in [-0.15, -0.1) is 0 Å². The average Bonchev–Trinajstić information content (AvgIpc) is 2.55. The van der Waals surface area contributed by atoms with Gasteiger partial charge in [0.1, 0.15) is 0 Å². The predicted molar refractivity (Wildman–Crippen MR) is 88.3 cm³/mol. The highest BCUT2D eigenvalue weighted by atomic mass is 16.2. The van der Waals surface area contributed by atoms with Crippen LogP contribution in [0.1, 0.15) is 34.1 Å². The Balaban J connectivity index is 2.14. The van der Waals surface area contributed by atoms with Crippen LogP contribution in [0.4, 0.5) is 11.4 Å². The third-order valence-electron chi connectivity index (χ3n) is 3.13. The fourth-order valence-corrected chi connectivity index (χ4v) is 1.94. The molecular formula is C17H17N3O3. The summed E-state index contributed by atoms with van der Waals surface area (Å²) in [6.45, 7) is 1.76. The third kappa shape index (κ3) is 4.41. The van der Waals surface area contributed by atoms with Crippen LogP contribution >= 0.6 is 0 Å². The van der Waals surface area contributed by atoms with Crippen molar-refractivity contribution in [3.63, 3.8) is 0 Å². The molecule has 0 aliphatic heterocycles. The van der Waals surface area contributed by atoms with Crippen LogP contribution in [0.2, 0.25) is 0 Å². The molecule has 2 aromatic carbocycles. The highest BCUT2D eigenvalue weighted by Crippen LogP contribution is 2.16. The van der Waals surface area contributed by atoms with Crippen molar-refractivity contribution in [3.8, 4) is 0 Å². The molecule has 0 aromatic heterocycles. The maximum Gasteiger partial charge on any atom is 0.255 e. The number of hydrogen-bond donors (Lipinski definition) is 3. The summed E-state index contributed by atoms with van der Waals surface area (Å²) >= 11 is 0. The highest BCUT2D eigenvalue weighted by Gasteiger charge is 2.09. The minimum Gasteiger partial charge on any atom is -0.366 e. The topological polar surface area (TPSA) is 101 Å². The van der Waals surface area contributed by atoms with Gasteiger partial charge in [0.25, 0.3) is 5.91 Å². The molecule has 2 rings (SSSR count). The Morgan fingerprint density at radius 3 is 2.17 bits per heavy atom. The first kappa shape index (κ1) is 16.2. The zero-order chi connectivity index (χ0) is 16.8. The molecule has 0 bridgehead atoms. The maximum absolute atomic E-state index is 12.2. The molecule has 0 saturated carbocycles. The van der Waals surface area contributed by atoms with Crippen molar-refractivity contribution >= 4 is 29.1 Å². The van der Waals surface area contributed by atoms with Gasteiger partial charge >= 0.3 is 0 Å². The number of benzene rings is 2. The summed E-state index contributed by atoms with van der Waals surface area (Å²) < 4.78 is 0. The molecule has 0 heterocycles. The van der Waals surface area contributed by atoms with Crippen LogP contribution in [0.15, 0.2) is 48.5 Å². The summed E-state index contributed by atoms with van der Waals surface area (Å²) in [5.74, 6) is -1.07. The lowest BCUT2D eigenvalue weighted by atomic mass is 10.1. The summed E-state index contributed by atoms with van der Waals surface area (Å²) in [6.07, 6.45) is 0.372. The van der Waals surface area contributed by atoms with Crippen LogP contribution in [-0.2, 0) is 4.79 Å². The number of carbonyl (C=O) groups is 3. The molecular weight excluding hydrogens is 294 g/mol. The van der Waals surface area contributed by atoms with Gasteiger partial charge in [0, 0.05) is 28.9 Å². The quantitative estimate of drug-likeness (QED) is 0.790. The Labute approximate surface area is 133 Å². The van der Waals surface area contributed by atoms with E-state index in [1.54, 1.807) is 49.4 Å². The minimum absolute atomic E-state index is 0.109. The maximum atomic E-state index is 12.2. The number of rotatable bonds is 5. The highest BCUT2D eigenvalue weighted by molar-refractivity contribution is 6.06. The number of hydrogen-bond acceptors (Lipinski definition) is 3. The second kappa shape index (κ2) is 7.22. The van der Waals surface area contributed by atoms with Gasteiger partial charge in [-0.3, -0.25) is 14.4 Å². The third-order valence-corrected chi connectivity index (χ3v) is 3.13. The van der Waals surface area contributed by atoms with Crippen molar-refractivity contribution in [2.24, 2.45) is 5.73 Å². The van der Waals surface area contributed by atoms with Crippen molar-refractivity contribution in [2.75, 3.05) is 10.6 Å². The fourth-order valence-electron chi connectivity index (χ4n) is 1.94. The number of nitrogens with one attached hydrogen (secondary N) is 2. The van der Waals surface area contributed by atoms with E-state index < -0.39 is 5.91 Å². The number of anilines is 2. The first-order valence-corrected chi connectivity index (χ1v) is 7.10. The van der Waals surface area contributed by atoms with Gasteiger partial charge in [-0.1, -0.05) is 19.1 Å². The molecule has 0 spiro atoms. The van der Waals surface area contributed by atoms with Gasteiger partial charge in [-0.2, -0.15) is 0 Å². The lowest BCUT2D eigenvalue weighted by Gasteiger charge is -2.09. The molecule has 23 heavy (non-hydrogen) atoms. The second-order valence-electron chi connectivity index (χ2n) is 4.88. The fraction of sp³-hybridized carbons (Fsp3) is 0.118.